The van der Waals surface area contributed by atoms with Gasteiger partial charge in [-0.2, -0.15) is 0 Å². The van der Waals surface area contributed by atoms with E-state index in [2.05, 4.69) is 4.98 Å². The van der Waals surface area contributed by atoms with Crippen LogP contribution in [-0.2, 0) is 0 Å². The Morgan fingerprint density at radius 1 is 1.39 bits per heavy atom. The predicted octanol–water partition coefficient (Wildman–Crippen LogP) is -1.88. The van der Waals surface area contributed by atoms with Gasteiger partial charge in [-0.1, -0.05) is 0 Å². The Kier molecular flexibility index (Phi) is 3.38. The van der Waals surface area contributed by atoms with Gasteiger partial charge in [-0.3, -0.25) is 14.3 Å². The molecule has 0 amide bonds. The lowest BCUT2D eigenvalue weighted by Gasteiger charge is -2.18. The third-order valence-electron chi connectivity index (χ3n) is 3.51. The molecule has 18 heavy (non-hydrogen) atoms. The fraction of sp³-hybridized carbons (Fsp3) is 0.636. The third-order valence-corrected chi connectivity index (χ3v) is 3.51. The van der Waals surface area contributed by atoms with Gasteiger partial charge < -0.3 is 15.3 Å². The van der Waals surface area contributed by atoms with E-state index in [9.17, 15) is 19.8 Å². The first-order chi connectivity index (χ1) is 8.45. The molecule has 1 aromatic heterocycles. The van der Waals surface area contributed by atoms with E-state index in [0.29, 0.717) is 5.56 Å². The largest absolute Gasteiger partial charge is 0.396 e. The van der Waals surface area contributed by atoms with Crippen LogP contribution in [0, 0.1) is 12.8 Å². The van der Waals surface area contributed by atoms with Gasteiger partial charge in [-0.15, -0.1) is 0 Å². The van der Waals surface area contributed by atoms with Crippen LogP contribution in [-0.4, -0.2) is 43.7 Å². The summed E-state index contributed by atoms with van der Waals surface area (Å²) < 4.78 is 1.21. The van der Waals surface area contributed by atoms with Crippen molar-refractivity contribution < 1.29 is 15.3 Å². The Hall–Kier alpha value is -1.44. The summed E-state index contributed by atoms with van der Waals surface area (Å²) >= 11 is 0. The van der Waals surface area contributed by atoms with Crippen LogP contribution in [0.4, 0.5) is 0 Å². The molecule has 4 N–H and O–H groups in total. The minimum atomic E-state index is -1.13. The molecule has 0 radical (unpaired) electrons. The van der Waals surface area contributed by atoms with Crippen molar-refractivity contribution in [2.45, 2.75) is 31.6 Å². The summed E-state index contributed by atoms with van der Waals surface area (Å²) in [6, 6.07) is -0.639. The first-order valence-electron chi connectivity index (χ1n) is 5.74. The lowest BCUT2D eigenvalue weighted by atomic mass is 10.1. The van der Waals surface area contributed by atoms with Crippen molar-refractivity contribution in [3.8, 4) is 0 Å². The van der Waals surface area contributed by atoms with E-state index in [1.165, 1.54) is 10.8 Å². The SMILES string of the molecule is Cc1cn([C@H]2C[C@@H](CO)[C@H](O)[C@@H]2O)c(=O)[nH]c1=O. The third kappa shape index (κ3) is 2.00. The molecule has 0 unspecified atom stereocenters. The number of hydrogen-bond acceptors (Lipinski definition) is 5. The fourth-order valence-corrected chi connectivity index (χ4v) is 2.39. The van der Waals surface area contributed by atoms with Gasteiger partial charge in [-0.25, -0.2) is 4.79 Å². The highest BCUT2D eigenvalue weighted by molar-refractivity contribution is 5.04. The molecule has 7 heteroatoms. The smallest absolute Gasteiger partial charge is 0.328 e. The molecule has 0 bridgehead atoms. The number of nitrogens with zero attached hydrogens (tertiary/aromatic N) is 1. The predicted molar refractivity (Wildman–Crippen MR) is 62.3 cm³/mol. The molecule has 1 aromatic rings. The number of rotatable bonds is 2. The van der Waals surface area contributed by atoms with E-state index in [1.807, 2.05) is 0 Å². The van der Waals surface area contributed by atoms with Gasteiger partial charge in [0.25, 0.3) is 5.56 Å². The Morgan fingerprint density at radius 2 is 2.06 bits per heavy atom. The van der Waals surface area contributed by atoms with E-state index in [0.717, 1.165) is 0 Å². The molecule has 100 valence electrons. The second-order valence-electron chi connectivity index (χ2n) is 4.71. The van der Waals surface area contributed by atoms with Gasteiger partial charge in [-0.05, 0) is 13.3 Å². The number of nitrogens with one attached hydrogen (secondary N) is 1. The molecule has 0 spiro atoms. The summed E-state index contributed by atoms with van der Waals surface area (Å²) in [5.41, 5.74) is -0.743. The summed E-state index contributed by atoms with van der Waals surface area (Å²) in [5, 5.41) is 28.7. The van der Waals surface area contributed by atoms with Crippen LogP contribution in [0.1, 0.15) is 18.0 Å². The number of H-pyrrole nitrogens is 1. The second kappa shape index (κ2) is 4.68. The Morgan fingerprint density at radius 3 is 2.61 bits per heavy atom. The normalized spacial score (nSPS) is 31.8. The number of hydrogen-bond donors (Lipinski definition) is 4. The number of aromatic amines is 1. The highest BCUT2D eigenvalue weighted by Gasteiger charge is 2.42. The van der Waals surface area contributed by atoms with Crippen molar-refractivity contribution in [2.75, 3.05) is 6.61 Å². The van der Waals surface area contributed by atoms with Crippen LogP contribution in [0.2, 0.25) is 0 Å². The van der Waals surface area contributed by atoms with Gasteiger partial charge in [0.2, 0.25) is 0 Å². The summed E-state index contributed by atoms with van der Waals surface area (Å²) in [6.07, 6.45) is -0.560. The number of aryl methyl sites for hydroxylation is 1. The first-order valence-corrected chi connectivity index (χ1v) is 5.74. The Bertz CT molecular complexity index is 549. The fourth-order valence-electron chi connectivity index (χ4n) is 2.39. The first kappa shape index (κ1) is 13.0. The highest BCUT2D eigenvalue weighted by atomic mass is 16.3. The average Bonchev–Trinajstić information content (AvgIpc) is 2.61. The summed E-state index contributed by atoms with van der Waals surface area (Å²) in [5.74, 6) is -0.468. The van der Waals surface area contributed by atoms with E-state index in [4.69, 9.17) is 5.11 Å². The van der Waals surface area contributed by atoms with Crippen molar-refractivity contribution in [2.24, 2.45) is 5.92 Å². The molecule has 0 saturated heterocycles. The lowest BCUT2D eigenvalue weighted by molar-refractivity contribution is -0.00457. The zero-order valence-electron chi connectivity index (χ0n) is 9.91. The van der Waals surface area contributed by atoms with E-state index >= 15 is 0 Å². The summed E-state index contributed by atoms with van der Waals surface area (Å²) in [7, 11) is 0. The molecule has 0 aliphatic heterocycles. The quantitative estimate of drug-likeness (QED) is 0.494. The highest BCUT2D eigenvalue weighted by Crippen LogP contribution is 2.34. The molecule has 7 nitrogen and oxygen atoms in total. The minimum absolute atomic E-state index is 0.258. The standard InChI is InChI=1S/C11H16N2O5/c1-5-3-13(11(18)12-10(5)17)7-2-6(4-14)8(15)9(7)16/h3,6-9,14-16H,2,4H2,1H3,(H,12,17,18)/t6-,7-,8-,9+/m0/s1. The zero-order valence-corrected chi connectivity index (χ0v) is 9.91. The number of aromatic nitrogens is 2. The van der Waals surface area contributed by atoms with Crippen molar-refractivity contribution in [3.63, 3.8) is 0 Å². The molecule has 1 aliphatic carbocycles. The van der Waals surface area contributed by atoms with Crippen molar-refractivity contribution in [1.29, 1.82) is 0 Å². The second-order valence-corrected chi connectivity index (χ2v) is 4.71. The molecular weight excluding hydrogens is 240 g/mol. The monoisotopic (exact) mass is 256 g/mol. The molecular formula is C11H16N2O5. The van der Waals surface area contributed by atoms with Crippen LogP contribution in [0.15, 0.2) is 15.8 Å². The molecule has 1 heterocycles. The van der Waals surface area contributed by atoms with Crippen LogP contribution in [0.5, 0.6) is 0 Å². The molecule has 4 atom stereocenters. The van der Waals surface area contributed by atoms with Gasteiger partial charge in [0, 0.05) is 24.3 Å². The van der Waals surface area contributed by atoms with Crippen LogP contribution >= 0.6 is 0 Å². The van der Waals surface area contributed by atoms with Crippen LogP contribution in [0.25, 0.3) is 0 Å². The maximum absolute atomic E-state index is 11.7. The van der Waals surface area contributed by atoms with E-state index < -0.39 is 35.4 Å². The van der Waals surface area contributed by atoms with Crippen molar-refractivity contribution >= 4 is 0 Å². The number of aliphatic hydroxyl groups is 3. The summed E-state index contributed by atoms with van der Waals surface area (Å²) in [6.45, 7) is 1.29. The van der Waals surface area contributed by atoms with Gasteiger partial charge in [0.05, 0.1) is 12.1 Å². The van der Waals surface area contributed by atoms with Crippen LogP contribution in [0.3, 0.4) is 0 Å². The molecule has 1 aliphatic rings. The topological polar surface area (TPSA) is 116 Å². The van der Waals surface area contributed by atoms with Gasteiger partial charge >= 0.3 is 5.69 Å². The van der Waals surface area contributed by atoms with Crippen LogP contribution < -0.4 is 11.2 Å². The van der Waals surface area contributed by atoms with Crippen molar-refractivity contribution in [1.82, 2.24) is 9.55 Å². The minimum Gasteiger partial charge on any atom is -0.396 e. The van der Waals surface area contributed by atoms with Gasteiger partial charge in [0.1, 0.15) is 6.10 Å². The molecule has 0 aromatic carbocycles. The van der Waals surface area contributed by atoms with Gasteiger partial charge in [0.15, 0.2) is 0 Å². The Balaban J connectivity index is 2.42. The van der Waals surface area contributed by atoms with E-state index in [1.54, 1.807) is 6.92 Å². The van der Waals surface area contributed by atoms with Crippen molar-refractivity contribution in [3.05, 3.63) is 32.6 Å². The maximum Gasteiger partial charge on any atom is 0.328 e. The maximum atomic E-state index is 11.7. The average molecular weight is 256 g/mol. The molecule has 2 rings (SSSR count). The Labute approximate surface area is 102 Å². The number of aliphatic hydroxyl groups excluding tert-OH is 3. The zero-order chi connectivity index (χ0) is 13.4. The summed E-state index contributed by atoms with van der Waals surface area (Å²) in [4.78, 5) is 25.1. The van der Waals surface area contributed by atoms with E-state index in [-0.39, 0.29) is 13.0 Å². The molecule has 1 saturated carbocycles. The lowest BCUT2D eigenvalue weighted by Crippen LogP contribution is -2.38. The molecule has 1 fully saturated rings.